The van der Waals surface area contributed by atoms with Crippen LogP contribution >= 0.6 is 0 Å². The van der Waals surface area contributed by atoms with Gasteiger partial charge in [-0.25, -0.2) is 0 Å². The molecular weight excluding hydrogens is 276 g/mol. The van der Waals surface area contributed by atoms with E-state index < -0.39 is 0 Å². The first-order chi connectivity index (χ1) is 9.50. The van der Waals surface area contributed by atoms with E-state index in [1.165, 1.54) is 25.7 Å². The first-order valence-electron chi connectivity index (χ1n) is 8.59. The third kappa shape index (κ3) is 2.45. The van der Waals surface area contributed by atoms with E-state index in [1.54, 1.807) is 0 Å². The van der Waals surface area contributed by atoms with Crippen molar-refractivity contribution >= 4 is 16.3 Å². The Balaban J connectivity index is 2.29. The van der Waals surface area contributed by atoms with Crippen LogP contribution in [0.5, 0.6) is 0 Å². The number of ketones is 1. The SMILES string of the molecule is CC(C)(C)C1CCC2(CCC(=O)C(C)(C)C2(C)O[SiH3])CC1. The Labute approximate surface area is 134 Å². The first kappa shape index (κ1) is 17.2. The molecule has 3 heteroatoms. The van der Waals surface area contributed by atoms with Crippen molar-refractivity contribution in [2.45, 2.75) is 85.7 Å². The molecule has 0 aromatic carbocycles. The summed E-state index contributed by atoms with van der Waals surface area (Å²) in [5.41, 5.74) is -0.000272. The standard InChI is InChI=1S/C18H34O2Si/c1-15(2,3)13-7-10-18(11-8-13)12-9-14(19)16(4,5)17(18,6)20-21/h13H,7-12H2,1-6,21H3. The van der Waals surface area contributed by atoms with E-state index >= 15 is 0 Å². The van der Waals surface area contributed by atoms with Gasteiger partial charge in [-0.05, 0) is 55.8 Å². The highest BCUT2D eigenvalue weighted by Gasteiger charge is 2.62. The van der Waals surface area contributed by atoms with Crippen molar-refractivity contribution in [2.24, 2.45) is 22.2 Å². The third-order valence-corrected chi connectivity index (χ3v) is 8.12. The summed E-state index contributed by atoms with van der Waals surface area (Å²) in [5.74, 6) is 1.20. The van der Waals surface area contributed by atoms with Gasteiger partial charge in [0.05, 0.1) is 11.0 Å². The second-order valence-electron chi connectivity index (χ2n) is 9.21. The van der Waals surface area contributed by atoms with Crippen LogP contribution in [0.4, 0.5) is 0 Å². The minimum atomic E-state index is -0.346. The monoisotopic (exact) mass is 310 g/mol. The van der Waals surface area contributed by atoms with Gasteiger partial charge < -0.3 is 4.43 Å². The molecule has 0 radical (unpaired) electrons. The van der Waals surface area contributed by atoms with Crippen LogP contribution < -0.4 is 0 Å². The number of carbonyl (C=O) groups excluding carboxylic acids is 1. The molecule has 2 fully saturated rings. The van der Waals surface area contributed by atoms with Crippen LogP contribution in [-0.2, 0) is 9.22 Å². The summed E-state index contributed by atoms with van der Waals surface area (Å²) in [7, 11) is 0.708. The second-order valence-corrected chi connectivity index (χ2v) is 9.61. The summed E-state index contributed by atoms with van der Waals surface area (Å²) in [4.78, 5) is 12.5. The highest BCUT2D eigenvalue weighted by Crippen LogP contribution is 2.61. The van der Waals surface area contributed by atoms with Gasteiger partial charge in [0, 0.05) is 6.42 Å². The van der Waals surface area contributed by atoms with Crippen LogP contribution in [0.25, 0.3) is 0 Å². The normalized spacial score (nSPS) is 40.7. The summed E-state index contributed by atoms with van der Waals surface area (Å²) in [6, 6.07) is 0. The number of hydrogen-bond acceptors (Lipinski definition) is 2. The molecule has 0 N–H and O–H groups in total. The van der Waals surface area contributed by atoms with Crippen molar-refractivity contribution in [2.75, 3.05) is 0 Å². The molecule has 0 heterocycles. The van der Waals surface area contributed by atoms with Gasteiger partial charge in [-0.2, -0.15) is 0 Å². The van der Waals surface area contributed by atoms with Gasteiger partial charge >= 0.3 is 0 Å². The molecule has 2 aliphatic carbocycles. The van der Waals surface area contributed by atoms with Gasteiger partial charge in [-0.15, -0.1) is 0 Å². The van der Waals surface area contributed by atoms with Crippen LogP contribution in [0.2, 0.25) is 0 Å². The molecule has 21 heavy (non-hydrogen) atoms. The Morgan fingerprint density at radius 3 is 2.05 bits per heavy atom. The average Bonchev–Trinajstić information content (AvgIpc) is 2.41. The van der Waals surface area contributed by atoms with Crippen LogP contribution in [-0.4, -0.2) is 21.9 Å². The Morgan fingerprint density at radius 2 is 1.62 bits per heavy atom. The van der Waals surface area contributed by atoms with Gasteiger partial charge in [-0.1, -0.05) is 34.6 Å². The molecule has 0 amide bonds. The first-order valence-corrected chi connectivity index (χ1v) is 9.40. The minimum Gasteiger partial charge on any atom is -0.421 e. The topological polar surface area (TPSA) is 26.3 Å². The van der Waals surface area contributed by atoms with Crippen molar-refractivity contribution in [3.05, 3.63) is 0 Å². The van der Waals surface area contributed by atoms with Crippen molar-refractivity contribution in [3.8, 4) is 0 Å². The lowest BCUT2D eigenvalue weighted by Crippen LogP contribution is -2.64. The fourth-order valence-electron chi connectivity index (χ4n) is 5.07. The lowest BCUT2D eigenvalue weighted by molar-refractivity contribution is -0.185. The lowest BCUT2D eigenvalue weighted by atomic mass is 9.47. The summed E-state index contributed by atoms with van der Waals surface area (Å²) in [6.07, 6.45) is 6.80. The molecule has 0 aromatic rings. The van der Waals surface area contributed by atoms with Gasteiger partial charge in [0.1, 0.15) is 16.3 Å². The van der Waals surface area contributed by atoms with Gasteiger partial charge in [0.25, 0.3) is 0 Å². The summed E-state index contributed by atoms with van der Waals surface area (Å²) in [5, 5.41) is 0. The molecule has 2 rings (SSSR count). The highest BCUT2D eigenvalue weighted by atomic mass is 28.2. The molecule has 1 spiro atoms. The molecule has 0 aromatic heterocycles. The predicted molar refractivity (Wildman–Crippen MR) is 91.3 cm³/mol. The molecule has 0 bridgehead atoms. The lowest BCUT2D eigenvalue weighted by Gasteiger charge is -2.61. The molecule has 2 nitrogen and oxygen atoms in total. The number of hydrogen-bond donors (Lipinski definition) is 0. The summed E-state index contributed by atoms with van der Waals surface area (Å²) >= 11 is 0. The van der Waals surface area contributed by atoms with Gasteiger partial charge in [0.2, 0.25) is 0 Å². The van der Waals surface area contributed by atoms with Crippen molar-refractivity contribution in [3.63, 3.8) is 0 Å². The van der Waals surface area contributed by atoms with Crippen molar-refractivity contribution < 1.29 is 9.22 Å². The van der Waals surface area contributed by atoms with Crippen molar-refractivity contribution in [1.82, 2.24) is 0 Å². The maximum Gasteiger partial charge on any atom is 0.146 e. The van der Waals surface area contributed by atoms with E-state index in [2.05, 4.69) is 41.5 Å². The quantitative estimate of drug-likeness (QED) is 0.691. The molecule has 1 unspecified atom stereocenters. The van der Waals surface area contributed by atoms with Crippen LogP contribution in [0.15, 0.2) is 0 Å². The smallest absolute Gasteiger partial charge is 0.146 e. The molecule has 122 valence electrons. The zero-order valence-electron chi connectivity index (χ0n) is 15.1. The molecule has 2 aliphatic rings. The van der Waals surface area contributed by atoms with Gasteiger partial charge in [0.15, 0.2) is 0 Å². The zero-order chi connectivity index (χ0) is 16.1. The molecule has 2 saturated carbocycles. The third-order valence-electron chi connectivity index (χ3n) is 7.31. The summed E-state index contributed by atoms with van der Waals surface area (Å²) in [6.45, 7) is 13.6. The Bertz CT molecular complexity index is 413. The number of carbonyl (C=O) groups is 1. The van der Waals surface area contributed by atoms with Crippen molar-refractivity contribution in [1.29, 1.82) is 0 Å². The maximum absolute atomic E-state index is 12.5. The molecule has 1 atom stereocenters. The predicted octanol–water partition coefficient (Wildman–Crippen LogP) is 3.65. The minimum absolute atomic E-state index is 0.216. The molecule has 0 saturated heterocycles. The van der Waals surface area contributed by atoms with Crippen LogP contribution in [0.3, 0.4) is 0 Å². The highest BCUT2D eigenvalue weighted by molar-refractivity contribution is 5.99. The number of rotatable bonds is 1. The Morgan fingerprint density at radius 1 is 1.10 bits per heavy atom. The van der Waals surface area contributed by atoms with E-state index in [9.17, 15) is 4.79 Å². The van der Waals surface area contributed by atoms with Crippen LogP contribution in [0, 0.1) is 22.2 Å². The van der Waals surface area contributed by atoms with E-state index in [0.29, 0.717) is 21.7 Å². The molecular formula is C18H34O2Si. The number of Topliss-reactive ketones (excluding diaryl/α,β-unsaturated/α-hetero) is 1. The Kier molecular flexibility index (Phi) is 4.25. The molecule has 0 aliphatic heterocycles. The largest absolute Gasteiger partial charge is 0.421 e. The van der Waals surface area contributed by atoms with E-state index in [-0.39, 0.29) is 16.4 Å². The van der Waals surface area contributed by atoms with E-state index in [1.807, 2.05) is 0 Å². The Hall–Kier alpha value is -0.153. The van der Waals surface area contributed by atoms with E-state index in [0.717, 1.165) is 18.8 Å². The average molecular weight is 311 g/mol. The zero-order valence-corrected chi connectivity index (χ0v) is 17.1. The van der Waals surface area contributed by atoms with Crippen LogP contribution in [0.1, 0.15) is 80.1 Å². The summed E-state index contributed by atoms with van der Waals surface area (Å²) < 4.78 is 6.20. The van der Waals surface area contributed by atoms with E-state index in [4.69, 9.17) is 4.43 Å². The maximum atomic E-state index is 12.5. The fourth-order valence-corrected chi connectivity index (χ4v) is 6.01. The van der Waals surface area contributed by atoms with Gasteiger partial charge in [-0.3, -0.25) is 4.79 Å². The fraction of sp³-hybridized carbons (Fsp3) is 0.944. The second kappa shape index (κ2) is 5.19.